The number of nitrogens with one attached hydrogen (secondary N) is 1. The van der Waals surface area contributed by atoms with Gasteiger partial charge in [-0.2, -0.15) is 0 Å². The summed E-state index contributed by atoms with van der Waals surface area (Å²) >= 11 is 0. The van der Waals surface area contributed by atoms with Crippen molar-refractivity contribution < 1.29 is 21.6 Å². The molecule has 0 aliphatic carbocycles. The van der Waals surface area contributed by atoms with E-state index in [-0.39, 0.29) is 16.4 Å². The van der Waals surface area contributed by atoms with Gasteiger partial charge in [0.05, 0.1) is 24.2 Å². The first-order chi connectivity index (χ1) is 13.2. The quantitative estimate of drug-likeness (QED) is 0.770. The van der Waals surface area contributed by atoms with Crippen LogP contribution in [0.4, 0.5) is 11.4 Å². The molecule has 0 amide bonds. The molecule has 3 rings (SSSR count). The Balaban J connectivity index is 2.00. The number of sulfonamides is 2. The van der Waals surface area contributed by atoms with Gasteiger partial charge in [-0.05, 0) is 55.2 Å². The Hall–Kier alpha value is -2.26. The highest BCUT2D eigenvalue weighted by Crippen LogP contribution is 2.32. The highest BCUT2D eigenvalue weighted by atomic mass is 32.2. The molecule has 7 nitrogen and oxygen atoms in total. The first kappa shape index (κ1) is 20.5. The van der Waals surface area contributed by atoms with Crippen LogP contribution >= 0.6 is 0 Å². The highest BCUT2D eigenvalue weighted by Gasteiger charge is 2.29. The zero-order chi connectivity index (χ0) is 20.5. The second kappa shape index (κ2) is 7.63. The maximum Gasteiger partial charge on any atom is 0.265 e. The summed E-state index contributed by atoms with van der Waals surface area (Å²) in [5.41, 5.74) is 2.35. The lowest BCUT2D eigenvalue weighted by Gasteiger charge is -2.19. The molecule has 0 unspecified atom stereocenters. The SMILES string of the molecule is CCc1ccc(OC)c(S(=O)(=O)Nc2cc(N3CCCS3(=O)=O)ccc2C)c1. The molecule has 1 N–H and O–H groups in total. The predicted octanol–water partition coefficient (Wildman–Crippen LogP) is 2.91. The molecule has 0 spiro atoms. The molecule has 1 fully saturated rings. The Morgan fingerprint density at radius 1 is 1.18 bits per heavy atom. The lowest BCUT2D eigenvalue weighted by molar-refractivity contribution is 0.402. The number of hydrogen-bond donors (Lipinski definition) is 1. The van der Waals surface area contributed by atoms with Gasteiger partial charge in [0.1, 0.15) is 10.6 Å². The van der Waals surface area contributed by atoms with Crippen molar-refractivity contribution in [3.63, 3.8) is 0 Å². The number of methoxy groups -OCH3 is 1. The average Bonchev–Trinajstić information content (AvgIpc) is 3.02. The molecule has 1 heterocycles. The monoisotopic (exact) mass is 424 g/mol. The standard InChI is InChI=1S/C19H24N2O5S2/c1-4-15-7-9-18(26-3)19(12-15)28(24,25)20-17-13-16(8-6-14(17)2)21-10-5-11-27(21,22)23/h6-9,12-13,20H,4-5,10-11H2,1-3H3. The molecule has 28 heavy (non-hydrogen) atoms. The van der Waals surface area contributed by atoms with Crippen molar-refractivity contribution in [1.29, 1.82) is 0 Å². The smallest absolute Gasteiger partial charge is 0.265 e. The van der Waals surface area contributed by atoms with Crippen LogP contribution in [0, 0.1) is 6.92 Å². The normalized spacial score (nSPS) is 16.2. The van der Waals surface area contributed by atoms with Crippen LogP contribution in [0.2, 0.25) is 0 Å². The summed E-state index contributed by atoms with van der Waals surface area (Å²) in [6.45, 7) is 4.10. The maximum atomic E-state index is 13.0. The number of ether oxygens (including phenoxy) is 1. The van der Waals surface area contributed by atoms with Gasteiger partial charge in [0, 0.05) is 6.54 Å². The molecule has 9 heteroatoms. The Kier molecular flexibility index (Phi) is 5.58. The topological polar surface area (TPSA) is 92.8 Å². The molecular formula is C19H24N2O5S2. The van der Waals surface area contributed by atoms with E-state index >= 15 is 0 Å². The third kappa shape index (κ3) is 3.95. The van der Waals surface area contributed by atoms with Gasteiger partial charge < -0.3 is 4.74 Å². The van der Waals surface area contributed by atoms with Crippen molar-refractivity contribution in [3.8, 4) is 5.75 Å². The van der Waals surface area contributed by atoms with Crippen LogP contribution in [0.15, 0.2) is 41.3 Å². The second-order valence-electron chi connectivity index (χ2n) is 6.69. The molecule has 0 saturated carbocycles. The molecule has 0 bridgehead atoms. The molecule has 0 atom stereocenters. The number of benzene rings is 2. The van der Waals surface area contributed by atoms with E-state index in [0.29, 0.717) is 36.3 Å². The van der Waals surface area contributed by atoms with Gasteiger partial charge in [0.2, 0.25) is 10.0 Å². The number of nitrogens with zero attached hydrogens (tertiary/aromatic N) is 1. The van der Waals surface area contributed by atoms with Gasteiger partial charge in [-0.25, -0.2) is 16.8 Å². The summed E-state index contributed by atoms with van der Waals surface area (Å²) in [5.74, 6) is 0.351. The van der Waals surface area contributed by atoms with Crippen molar-refractivity contribution in [2.24, 2.45) is 0 Å². The van der Waals surface area contributed by atoms with Gasteiger partial charge in [-0.3, -0.25) is 9.03 Å². The minimum absolute atomic E-state index is 0.0490. The summed E-state index contributed by atoms with van der Waals surface area (Å²) in [6, 6.07) is 10.0. The zero-order valence-corrected chi connectivity index (χ0v) is 17.7. The molecule has 2 aromatic rings. The Labute approximate surface area is 166 Å². The lowest BCUT2D eigenvalue weighted by Crippen LogP contribution is -2.25. The molecule has 1 aliphatic rings. The molecular weight excluding hydrogens is 400 g/mol. The van der Waals surface area contributed by atoms with E-state index in [0.717, 1.165) is 5.56 Å². The Bertz CT molecular complexity index is 1100. The number of rotatable bonds is 6. The summed E-state index contributed by atoms with van der Waals surface area (Å²) in [6.07, 6.45) is 1.24. The molecule has 152 valence electrons. The van der Waals surface area contributed by atoms with Crippen LogP contribution in [-0.4, -0.2) is 36.2 Å². The minimum atomic E-state index is -3.92. The second-order valence-corrected chi connectivity index (χ2v) is 10.3. The average molecular weight is 425 g/mol. The summed E-state index contributed by atoms with van der Waals surface area (Å²) in [4.78, 5) is 0.0490. The van der Waals surface area contributed by atoms with Crippen molar-refractivity contribution in [3.05, 3.63) is 47.5 Å². The van der Waals surface area contributed by atoms with Crippen molar-refractivity contribution in [1.82, 2.24) is 0 Å². The Morgan fingerprint density at radius 3 is 2.54 bits per heavy atom. The van der Waals surface area contributed by atoms with Gasteiger partial charge in [0.25, 0.3) is 10.0 Å². The van der Waals surface area contributed by atoms with Gasteiger partial charge in [0.15, 0.2) is 0 Å². The summed E-state index contributed by atoms with van der Waals surface area (Å²) < 4.78 is 59.6. The van der Waals surface area contributed by atoms with Crippen molar-refractivity contribution in [2.45, 2.75) is 31.6 Å². The Morgan fingerprint density at radius 2 is 1.93 bits per heavy atom. The van der Waals surface area contributed by atoms with Crippen LogP contribution in [0.5, 0.6) is 5.75 Å². The fraction of sp³-hybridized carbons (Fsp3) is 0.368. The van der Waals surface area contributed by atoms with Gasteiger partial charge >= 0.3 is 0 Å². The number of anilines is 2. The zero-order valence-electron chi connectivity index (χ0n) is 16.1. The van der Waals surface area contributed by atoms with E-state index in [4.69, 9.17) is 4.74 Å². The first-order valence-corrected chi connectivity index (χ1v) is 12.1. The predicted molar refractivity (Wildman–Crippen MR) is 110 cm³/mol. The van der Waals surface area contributed by atoms with Crippen molar-refractivity contribution >= 4 is 31.4 Å². The molecule has 0 aromatic heterocycles. The van der Waals surface area contributed by atoms with Gasteiger partial charge in [-0.15, -0.1) is 0 Å². The largest absolute Gasteiger partial charge is 0.495 e. The summed E-state index contributed by atoms with van der Waals surface area (Å²) in [5, 5.41) is 0. The van der Waals surface area contributed by atoms with Gasteiger partial charge in [-0.1, -0.05) is 19.1 Å². The molecule has 1 saturated heterocycles. The van der Waals surface area contributed by atoms with E-state index in [1.165, 1.54) is 11.4 Å². The maximum absolute atomic E-state index is 13.0. The van der Waals surface area contributed by atoms with E-state index < -0.39 is 20.0 Å². The fourth-order valence-electron chi connectivity index (χ4n) is 3.16. The minimum Gasteiger partial charge on any atom is -0.495 e. The molecule has 2 aromatic carbocycles. The van der Waals surface area contributed by atoms with E-state index in [1.54, 1.807) is 37.3 Å². The fourth-order valence-corrected chi connectivity index (χ4v) is 6.05. The van der Waals surface area contributed by atoms with Crippen LogP contribution in [-0.2, 0) is 26.5 Å². The lowest BCUT2D eigenvalue weighted by atomic mass is 10.2. The first-order valence-electron chi connectivity index (χ1n) is 8.99. The highest BCUT2D eigenvalue weighted by molar-refractivity contribution is 7.93. The van der Waals surface area contributed by atoms with Crippen LogP contribution < -0.4 is 13.8 Å². The molecule has 1 aliphatic heterocycles. The summed E-state index contributed by atoms with van der Waals surface area (Å²) in [7, 11) is -5.85. The number of hydrogen-bond acceptors (Lipinski definition) is 5. The third-order valence-electron chi connectivity index (χ3n) is 4.78. The van der Waals surface area contributed by atoms with Crippen LogP contribution in [0.25, 0.3) is 0 Å². The van der Waals surface area contributed by atoms with Crippen molar-refractivity contribution in [2.75, 3.05) is 28.4 Å². The van der Waals surface area contributed by atoms with Crippen LogP contribution in [0.3, 0.4) is 0 Å². The van der Waals surface area contributed by atoms with E-state index in [2.05, 4.69) is 4.72 Å². The number of aryl methyl sites for hydroxylation is 2. The van der Waals surface area contributed by atoms with E-state index in [1.807, 2.05) is 13.0 Å². The van der Waals surface area contributed by atoms with Crippen LogP contribution in [0.1, 0.15) is 24.5 Å². The van der Waals surface area contributed by atoms with E-state index in [9.17, 15) is 16.8 Å². The molecule has 0 radical (unpaired) electrons. The third-order valence-corrected chi connectivity index (χ3v) is 8.03.